The monoisotopic (exact) mass is 470 g/mol. The van der Waals surface area contributed by atoms with Crippen molar-refractivity contribution in [3.63, 3.8) is 0 Å². The summed E-state index contributed by atoms with van der Waals surface area (Å²) in [6.45, 7) is 18.0. The van der Waals surface area contributed by atoms with Crippen molar-refractivity contribution in [1.82, 2.24) is 0 Å². The lowest BCUT2D eigenvalue weighted by atomic mass is 9.34. The molecule has 0 amide bonds. The third-order valence-corrected chi connectivity index (χ3v) is 13.5. The number of hydrogen-bond donors (Lipinski definition) is 2. The van der Waals surface area contributed by atoms with Crippen LogP contribution < -0.4 is 0 Å². The number of aliphatic carboxylic acids is 1. The van der Waals surface area contributed by atoms with E-state index in [4.69, 9.17) is 0 Å². The molecular weight excluding hydrogens is 424 g/mol. The summed E-state index contributed by atoms with van der Waals surface area (Å²) in [5, 5.41) is 21.8. The van der Waals surface area contributed by atoms with E-state index in [9.17, 15) is 19.8 Å². The van der Waals surface area contributed by atoms with Crippen molar-refractivity contribution in [2.75, 3.05) is 0 Å². The molecule has 0 aliphatic heterocycles. The van der Waals surface area contributed by atoms with Crippen molar-refractivity contribution in [3.8, 4) is 0 Å². The smallest absolute Gasteiger partial charge is 0.309 e. The van der Waals surface area contributed by atoms with Gasteiger partial charge in [-0.2, -0.15) is 0 Å². The first-order chi connectivity index (χ1) is 15.7. The van der Waals surface area contributed by atoms with Gasteiger partial charge in [0.05, 0.1) is 11.5 Å². The van der Waals surface area contributed by atoms with Crippen molar-refractivity contribution in [3.05, 3.63) is 12.2 Å². The molecule has 0 saturated heterocycles. The summed E-state index contributed by atoms with van der Waals surface area (Å²) in [4.78, 5) is 25.2. The Kier molecular flexibility index (Phi) is 5.20. The summed E-state index contributed by atoms with van der Waals surface area (Å²) in [6.07, 6.45) is 8.13. The van der Waals surface area contributed by atoms with E-state index in [0.29, 0.717) is 23.7 Å². The summed E-state index contributed by atoms with van der Waals surface area (Å²) in [5.41, 5.74) is 0.153. The number of rotatable bonds is 3. The number of carbonyl (C=O) groups is 2. The van der Waals surface area contributed by atoms with Crippen LogP contribution in [0.2, 0.25) is 0 Å². The topological polar surface area (TPSA) is 74.6 Å². The zero-order valence-corrected chi connectivity index (χ0v) is 22.2. The van der Waals surface area contributed by atoms with E-state index in [-0.39, 0.29) is 33.5 Å². The van der Waals surface area contributed by atoms with E-state index < -0.39 is 17.5 Å². The Labute approximate surface area is 206 Å². The molecule has 5 aliphatic carbocycles. The average molecular weight is 471 g/mol. The van der Waals surface area contributed by atoms with E-state index in [1.807, 2.05) is 0 Å². The molecule has 0 spiro atoms. The van der Waals surface area contributed by atoms with Crippen molar-refractivity contribution < 1.29 is 19.8 Å². The van der Waals surface area contributed by atoms with E-state index in [0.717, 1.165) is 63.2 Å². The molecule has 11 atom stereocenters. The predicted molar refractivity (Wildman–Crippen MR) is 133 cm³/mol. The predicted octanol–water partition coefficient (Wildman–Crippen LogP) is 6.12. The SMILES string of the molecule is C=C(C)[C@@H]1CC[C@]2(C(=O)O)CC[C@]3(C)[C@H](CC[C@@H]4[C@@]5(C)[C@H](C=O)[C@@H](O)C(C)(C)[C@@H]5CC[C@]43C)[C@H]12. The molecule has 0 aromatic carbocycles. The van der Waals surface area contributed by atoms with Gasteiger partial charge in [0, 0.05) is 5.92 Å². The van der Waals surface area contributed by atoms with Crippen LogP contribution in [0.1, 0.15) is 92.9 Å². The molecule has 5 saturated carbocycles. The minimum Gasteiger partial charge on any atom is -0.481 e. The lowest BCUT2D eigenvalue weighted by Gasteiger charge is -2.70. The fourth-order valence-electron chi connectivity index (χ4n) is 11.7. The fraction of sp³-hybridized carbons (Fsp3) is 0.867. The maximum Gasteiger partial charge on any atom is 0.309 e. The van der Waals surface area contributed by atoms with Crippen LogP contribution in [0.15, 0.2) is 12.2 Å². The van der Waals surface area contributed by atoms with Crippen molar-refractivity contribution in [2.24, 2.45) is 62.6 Å². The Morgan fingerprint density at radius 1 is 0.912 bits per heavy atom. The molecule has 0 unspecified atom stereocenters. The molecule has 4 nitrogen and oxygen atoms in total. The number of carboxylic acid groups (broad SMARTS) is 1. The summed E-state index contributed by atoms with van der Waals surface area (Å²) in [6, 6.07) is 0. The highest BCUT2D eigenvalue weighted by molar-refractivity contribution is 5.76. The molecule has 0 bridgehead atoms. The van der Waals surface area contributed by atoms with Gasteiger partial charge in [0.1, 0.15) is 6.29 Å². The van der Waals surface area contributed by atoms with E-state index in [1.54, 1.807) is 0 Å². The maximum atomic E-state index is 12.8. The van der Waals surface area contributed by atoms with Crippen LogP contribution in [0.5, 0.6) is 0 Å². The molecule has 0 heterocycles. The van der Waals surface area contributed by atoms with Gasteiger partial charge >= 0.3 is 5.97 Å². The Balaban J connectivity index is 1.61. The molecular formula is C30H46O4. The zero-order valence-electron chi connectivity index (χ0n) is 22.2. The number of carbonyl (C=O) groups excluding carboxylic acids is 1. The third-order valence-electron chi connectivity index (χ3n) is 13.5. The van der Waals surface area contributed by atoms with Gasteiger partial charge in [-0.3, -0.25) is 4.79 Å². The Bertz CT molecular complexity index is 923. The van der Waals surface area contributed by atoms with Crippen LogP contribution in [-0.4, -0.2) is 28.6 Å². The highest BCUT2D eigenvalue weighted by Gasteiger charge is 2.74. The first-order valence-electron chi connectivity index (χ1n) is 13.8. The quantitative estimate of drug-likeness (QED) is 0.385. The van der Waals surface area contributed by atoms with Crippen molar-refractivity contribution >= 4 is 12.3 Å². The first-order valence-corrected chi connectivity index (χ1v) is 13.8. The molecule has 4 heteroatoms. The molecule has 34 heavy (non-hydrogen) atoms. The van der Waals surface area contributed by atoms with Gasteiger partial charge in [-0.25, -0.2) is 0 Å². The van der Waals surface area contributed by atoms with Crippen LogP contribution in [0.4, 0.5) is 0 Å². The van der Waals surface area contributed by atoms with Gasteiger partial charge in [-0.05, 0) is 110 Å². The van der Waals surface area contributed by atoms with Crippen molar-refractivity contribution in [2.45, 2.75) is 99.0 Å². The normalized spacial score (nSPS) is 55.4. The second-order valence-electron chi connectivity index (χ2n) is 14.4. The maximum absolute atomic E-state index is 12.8. The van der Waals surface area contributed by atoms with Crippen LogP contribution >= 0.6 is 0 Å². The minimum absolute atomic E-state index is 0.0371. The summed E-state index contributed by atoms with van der Waals surface area (Å²) >= 11 is 0. The lowest BCUT2D eigenvalue weighted by molar-refractivity contribution is -0.225. The van der Waals surface area contributed by atoms with Crippen molar-refractivity contribution in [1.29, 1.82) is 0 Å². The summed E-state index contributed by atoms with van der Waals surface area (Å²) in [7, 11) is 0. The molecule has 5 aliphatic rings. The van der Waals surface area contributed by atoms with Gasteiger partial charge in [-0.1, -0.05) is 46.8 Å². The second kappa shape index (κ2) is 7.20. The van der Waals surface area contributed by atoms with E-state index >= 15 is 0 Å². The molecule has 2 N–H and O–H groups in total. The van der Waals surface area contributed by atoms with Gasteiger partial charge in [0.15, 0.2) is 0 Å². The third kappa shape index (κ3) is 2.55. The minimum atomic E-state index is -0.602. The Hall–Kier alpha value is -1.16. The number of aliphatic hydroxyl groups excluding tert-OH is 1. The van der Waals surface area contributed by atoms with Gasteiger partial charge in [0.2, 0.25) is 0 Å². The number of fused-ring (bicyclic) bond motifs is 7. The second-order valence-corrected chi connectivity index (χ2v) is 14.4. The van der Waals surface area contributed by atoms with Gasteiger partial charge in [-0.15, -0.1) is 0 Å². The standard InChI is InChI=1S/C30H46O4/c1-17(2)18-10-13-30(25(33)34)15-14-27(5)19(23(18)30)8-9-22-28(27,6)12-11-21-26(3,4)24(32)20(16-31)29(21,22)7/h16,18-24,32H,1,8-15H2,2-7H3,(H,33,34)/t18-,19+,20+,21-,22-,23-,24+,27+,28+,29-,30-/m0/s1. The van der Waals surface area contributed by atoms with Gasteiger partial charge < -0.3 is 15.0 Å². The number of allylic oxidation sites excluding steroid dienone is 1. The van der Waals surface area contributed by atoms with Crippen LogP contribution in [0.25, 0.3) is 0 Å². The molecule has 190 valence electrons. The van der Waals surface area contributed by atoms with Crippen LogP contribution in [0.3, 0.4) is 0 Å². The molecule has 0 aromatic rings. The summed E-state index contributed by atoms with van der Waals surface area (Å²) < 4.78 is 0. The van der Waals surface area contributed by atoms with E-state index in [1.165, 1.54) is 0 Å². The average Bonchev–Trinajstić information content (AvgIpc) is 3.22. The molecule has 5 fully saturated rings. The Morgan fingerprint density at radius 3 is 2.18 bits per heavy atom. The molecule has 5 rings (SSSR count). The fourth-order valence-corrected chi connectivity index (χ4v) is 11.7. The van der Waals surface area contributed by atoms with Crippen LogP contribution in [0, 0.1) is 62.6 Å². The number of aldehydes is 1. The zero-order chi connectivity index (χ0) is 25.1. The highest BCUT2D eigenvalue weighted by atomic mass is 16.4. The molecule has 0 aromatic heterocycles. The largest absolute Gasteiger partial charge is 0.481 e. The number of carboxylic acids is 1. The Morgan fingerprint density at radius 2 is 1.59 bits per heavy atom. The first kappa shape index (κ1) is 24.5. The van der Waals surface area contributed by atoms with E-state index in [2.05, 4.69) is 48.1 Å². The lowest BCUT2D eigenvalue weighted by Crippen LogP contribution is -2.65. The summed E-state index contributed by atoms with van der Waals surface area (Å²) in [5.74, 6) is 0.617. The number of hydrogen-bond acceptors (Lipinski definition) is 3. The number of aliphatic hydroxyl groups is 1. The molecule has 0 radical (unpaired) electrons. The van der Waals surface area contributed by atoms with Crippen LogP contribution in [-0.2, 0) is 9.59 Å². The van der Waals surface area contributed by atoms with Gasteiger partial charge in [0.25, 0.3) is 0 Å². The highest BCUT2D eigenvalue weighted by Crippen LogP contribution is 2.78.